The van der Waals surface area contributed by atoms with Crippen molar-refractivity contribution in [2.24, 2.45) is 5.73 Å². The van der Waals surface area contributed by atoms with Gasteiger partial charge in [-0.3, -0.25) is 0 Å². The van der Waals surface area contributed by atoms with E-state index in [1.165, 1.54) is 16.7 Å². The van der Waals surface area contributed by atoms with Crippen LogP contribution in [0.2, 0.25) is 0 Å². The van der Waals surface area contributed by atoms with Gasteiger partial charge < -0.3 is 15.5 Å². The molecular formula is C14H16N2O. The van der Waals surface area contributed by atoms with Gasteiger partial charge in [0.15, 0.2) is 0 Å². The zero-order valence-corrected chi connectivity index (χ0v) is 9.65. The fourth-order valence-electron chi connectivity index (χ4n) is 2.42. The third-order valence-corrected chi connectivity index (χ3v) is 3.56. The van der Waals surface area contributed by atoms with E-state index in [0.717, 1.165) is 13.2 Å². The van der Waals surface area contributed by atoms with Crippen LogP contribution in [0.1, 0.15) is 16.7 Å². The second-order valence-electron chi connectivity index (χ2n) is 4.58. The predicted molar refractivity (Wildman–Crippen MR) is 66.7 cm³/mol. The molecule has 0 aliphatic carbocycles. The lowest BCUT2D eigenvalue weighted by atomic mass is 9.73. The SMILES string of the molecule is NCc1cccc(C2(c3cc[nH]c3)COC2)c1. The van der Waals surface area contributed by atoms with Gasteiger partial charge in [0.05, 0.1) is 18.6 Å². The molecule has 88 valence electrons. The minimum Gasteiger partial charge on any atom is -0.379 e. The molecule has 3 heteroatoms. The molecule has 3 N–H and O–H groups in total. The van der Waals surface area contributed by atoms with E-state index in [9.17, 15) is 0 Å². The minimum atomic E-state index is 0.0190. The Bertz CT molecular complexity index is 501. The van der Waals surface area contributed by atoms with Gasteiger partial charge in [-0.25, -0.2) is 0 Å². The summed E-state index contributed by atoms with van der Waals surface area (Å²) in [6.07, 6.45) is 4.01. The highest BCUT2D eigenvalue weighted by Gasteiger charge is 2.42. The van der Waals surface area contributed by atoms with Crippen LogP contribution in [-0.4, -0.2) is 18.2 Å². The molecule has 0 amide bonds. The zero-order chi connectivity index (χ0) is 11.7. The number of hydrogen-bond acceptors (Lipinski definition) is 2. The molecule has 1 aromatic carbocycles. The van der Waals surface area contributed by atoms with Gasteiger partial charge in [-0.05, 0) is 22.8 Å². The first-order valence-electron chi connectivity index (χ1n) is 5.86. The normalized spacial score (nSPS) is 17.7. The van der Waals surface area contributed by atoms with Crippen molar-refractivity contribution in [3.8, 4) is 0 Å². The molecule has 0 radical (unpaired) electrons. The molecule has 0 atom stereocenters. The highest BCUT2D eigenvalue weighted by atomic mass is 16.5. The number of ether oxygens (including phenoxy) is 1. The van der Waals surface area contributed by atoms with Gasteiger partial charge in [0, 0.05) is 18.9 Å². The van der Waals surface area contributed by atoms with E-state index in [1.807, 2.05) is 6.20 Å². The molecule has 0 bridgehead atoms. The fourth-order valence-corrected chi connectivity index (χ4v) is 2.42. The molecule has 17 heavy (non-hydrogen) atoms. The van der Waals surface area contributed by atoms with Crippen LogP contribution >= 0.6 is 0 Å². The predicted octanol–water partition coefficient (Wildman–Crippen LogP) is 1.79. The van der Waals surface area contributed by atoms with Crippen LogP contribution < -0.4 is 5.73 Å². The lowest BCUT2D eigenvalue weighted by Crippen LogP contribution is -2.47. The van der Waals surface area contributed by atoms with Gasteiger partial charge in [-0.15, -0.1) is 0 Å². The van der Waals surface area contributed by atoms with Crippen LogP contribution in [0.5, 0.6) is 0 Å². The quantitative estimate of drug-likeness (QED) is 0.841. The molecule has 1 fully saturated rings. The summed E-state index contributed by atoms with van der Waals surface area (Å²) in [6.45, 7) is 2.08. The Kier molecular flexibility index (Phi) is 2.50. The van der Waals surface area contributed by atoms with Gasteiger partial charge in [-0.1, -0.05) is 24.3 Å². The number of hydrogen-bond donors (Lipinski definition) is 2. The summed E-state index contributed by atoms with van der Waals surface area (Å²) >= 11 is 0. The van der Waals surface area contributed by atoms with Crippen molar-refractivity contribution in [3.05, 3.63) is 59.4 Å². The molecule has 2 aromatic rings. The summed E-state index contributed by atoms with van der Waals surface area (Å²) in [5.74, 6) is 0. The largest absolute Gasteiger partial charge is 0.379 e. The van der Waals surface area contributed by atoms with E-state index in [0.29, 0.717) is 6.54 Å². The summed E-state index contributed by atoms with van der Waals surface area (Å²) < 4.78 is 5.44. The molecule has 1 saturated heterocycles. The van der Waals surface area contributed by atoms with E-state index < -0.39 is 0 Å². The molecule has 1 aromatic heterocycles. The van der Waals surface area contributed by atoms with Gasteiger partial charge in [0.1, 0.15) is 0 Å². The molecule has 0 saturated carbocycles. The second-order valence-corrected chi connectivity index (χ2v) is 4.58. The van der Waals surface area contributed by atoms with Crippen LogP contribution in [0, 0.1) is 0 Å². The van der Waals surface area contributed by atoms with Crippen molar-refractivity contribution in [3.63, 3.8) is 0 Å². The first-order valence-corrected chi connectivity index (χ1v) is 5.86. The standard InChI is InChI=1S/C14H16N2O/c15-7-11-2-1-3-12(6-11)14(9-17-10-14)13-4-5-16-8-13/h1-6,8,16H,7,9-10,15H2. The Morgan fingerprint density at radius 2 is 2.12 bits per heavy atom. The molecule has 1 aliphatic heterocycles. The Balaban J connectivity index is 2.05. The van der Waals surface area contributed by atoms with Crippen LogP contribution in [0.15, 0.2) is 42.7 Å². The zero-order valence-electron chi connectivity index (χ0n) is 9.65. The number of aromatic nitrogens is 1. The van der Waals surface area contributed by atoms with Crippen molar-refractivity contribution >= 4 is 0 Å². The van der Waals surface area contributed by atoms with E-state index in [4.69, 9.17) is 10.5 Å². The number of H-pyrrole nitrogens is 1. The van der Waals surface area contributed by atoms with Crippen LogP contribution in [0.25, 0.3) is 0 Å². The summed E-state index contributed by atoms with van der Waals surface area (Å²) in [7, 11) is 0. The lowest BCUT2D eigenvalue weighted by molar-refractivity contribution is -0.0379. The van der Waals surface area contributed by atoms with Crippen molar-refractivity contribution in [1.82, 2.24) is 4.98 Å². The van der Waals surface area contributed by atoms with Crippen LogP contribution in [0.3, 0.4) is 0 Å². The summed E-state index contributed by atoms with van der Waals surface area (Å²) in [5.41, 5.74) is 9.48. The fraction of sp³-hybridized carbons (Fsp3) is 0.286. The number of nitrogens with two attached hydrogens (primary N) is 1. The highest BCUT2D eigenvalue weighted by Crippen LogP contribution is 2.39. The summed E-state index contributed by atoms with van der Waals surface area (Å²) in [6, 6.07) is 10.6. The molecule has 1 aliphatic rings. The Hall–Kier alpha value is -1.58. The maximum atomic E-state index is 5.70. The van der Waals surface area contributed by atoms with Crippen molar-refractivity contribution in [2.45, 2.75) is 12.0 Å². The topological polar surface area (TPSA) is 51.0 Å². The van der Waals surface area contributed by atoms with E-state index in [-0.39, 0.29) is 5.41 Å². The Morgan fingerprint density at radius 1 is 1.24 bits per heavy atom. The molecule has 0 unspecified atom stereocenters. The number of nitrogens with one attached hydrogen (secondary N) is 1. The second kappa shape index (κ2) is 4.02. The smallest absolute Gasteiger partial charge is 0.0684 e. The van der Waals surface area contributed by atoms with Crippen molar-refractivity contribution < 1.29 is 4.74 Å². The van der Waals surface area contributed by atoms with Crippen LogP contribution in [0.4, 0.5) is 0 Å². The van der Waals surface area contributed by atoms with Crippen molar-refractivity contribution in [1.29, 1.82) is 0 Å². The molecule has 3 rings (SSSR count). The minimum absolute atomic E-state index is 0.0190. The van der Waals surface area contributed by atoms with E-state index in [2.05, 4.69) is 41.5 Å². The third kappa shape index (κ3) is 1.59. The number of rotatable bonds is 3. The molecule has 0 spiro atoms. The van der Waals surface area contributed by atoms with Crippen LogP contribution in [-0.2, 0) is 16.7 Å². The van der Waals surface area contributed by atoms with Gasteiger partial charge in [-0.2, -0.15) is 0 Å². The third-order valence-electron chi connectivity index (χ3n) is 3.56. The van der Waals surface area contributed by atoms with E-state index in [1.54, 1.807) is 0 Å². The van der Waals surface area contributed by atoms with Gasteiger partial charge >= 0.3 is 0 Å². The van der Waals surface area contributed by atoms with Crippen molar-refractivity contribution in [2.75, 3.05) is 13.2 Å². The number of aromatic amines is 1. The number of benzene rings is 1. The molecule has 3 nitrogen and oxygen atoms in total. The molecule has 2 heterocycles. The average molecular weight is 228 g/mol. The Labute approximate surface area is 101 Å². The average Bonchev–Trinajstić information content (AvgIpc) is 2.82. The highest BCUT2D eigenvalue weighted by molar-refractivity contribution is 5.42. The van der Waals surface area contributed by atoms with E-state index >= 15 is 0 Å². The molecular weight excluding hydrogens is 212 g/mol. The lowest BCUT2D eigenvalue weighted by Gasteiger charge is -2.42. The first-order chi connectivity index (χ1) is 8.35. The van der Waals surface area contributed by atoms with Gasteiger partial charge in [0.2, 0.25) is 0 Å². The van der Waals surface area contributed by atoms with Gasteiger partial charge in [0.25, 0.3) is 0 Å². The first kappa shape index (κ1) is 10.6. The monoisotopic (exact) mass is 228 g/mol. The Morgan fingerprint density at radius 3 is 2.71 bits per heavy atom. The summed E-state index contributed by atoms with van der Waals surface area (Å²) in [4.78, 5) is 3.12. The maximum absolute atomic E-state index is 5.70. The maximum Gasteiger partial charge on any atom is 0.0684 e. The summed E-state index contributed by atoms with van der Waals surface area (Å²) in [5, 5.41) is 0.